The standard InChI is InChI=1S/C14H13F2N3O2/c15-14(16)21-10-4-2-9(3-5-10)19-12-7-8(17)1-6-11(12)13(18)20/h1-7,14,19H,17H2,(H2,18,20). The number of anilines is 3. The zero-order valence-electron chi connectivity index (χ0n) is 10.8. The van der Waals surface area contributed by atoms with Gasteiger partial charge >= 0.3 is 6.61 Å². The van der Waals surface area contributed by atoms with Gasteiger partial charge in [-0.15, -0.1) is 0 Å². The summed E-state index contributed by atoms with van der Waals surface area (Å²) in [7, 11) is 0. The molecule has 0 saturated heterocycles. The van der Waals surface area contributed by atoms with Gasteiger partial charge in [-0.3, -0.25) is 4.79 Å². The Kier molecular flexibility index (Phi) is 4.22. The number of hydrogen-bond donors (Lipinski definition) is 3. The van der Waals surface area contributed by atoms with Crippen LogP contribution in [0.3, 0.4) is 0 Å². The van der Waals surface area contributed by atoms with Crippen LogP contribution in [0, 0.1) is 0 Å². The molecule has 0 unspecified atom stereocenters. The smallest absolute Gasteiger partial charge is 0.387 e. The van der Waals surface area contributed by atoms with Crippen molar-refractivity contribution in [3.8, 4) is 5.75 Å². The third-order valence-corrected chi connectivity index (χ3v) is 2.67. The molecular formula is C14H13F2N3O2. The van der Waals surface area contributed by atoms with Gasteiger partial charge in [-0.05, 0) is 42.5 Å². The normalized spacial score (nSPS) is 10.4. The molecular weight excluding hydrogens is 280 g/mol. The van der Waals surface area contributed by atoms with Gasteiger partial charge in [0.05, 0.1) is 11.3 Å². The minimum absolute atomic E-state index is 0.0400. The lowest BCUT2D eigenvalue weighted by Crippen LogP contribution is -2.13. The van der Waals surface area contributed by atoms with Gasteiger partial charge in [-0.1, -0.05) is 0 Å². The fourth-order valence-corrected chi connectivity index (χ4v) is 1.76. The van der Waals surface area contributed by atoms with Crippen molar-refractivity contribution in [2.24, 2.45) is 5.73 Å². The molecule has 7 heteroatoms. The number of carbonyl (C=O) groups is 1. The third kappa shape index (κ3) is 3.82. The Labute approximate surface area is 119 Å². The van der Waals surface area contributed by atoms with Crippen LogP contribution in [0.4, 0.5) is 25.8 Å². The van der Waals surface area contributed by atoms with E-state index in [1.54, 1.807) is 12.1 Å². The van der Waals surface area contributed by atoms with E-state index in [2.05, 4.69) is 10.1 Å². The van der Waals surface area contributed by atoms with Crippen molar-refractivity contribution in [1.29, 1.82) is 0 Å². The summed E-state index contributed by atoms with van der Waals surface area (Å²) in [6.07, 6.45) is 0. The van der Waals surface area contributed by atoms with Gasteiger partial charge in [0, 0.05) is 11.4 Å². The van der Waals surface area contributed by atoms with Crippen molar-refractivity contribution in [2.45, 2.75) is 6.61 Å². The van der Waals surface area contributed by atoms with Crippen LogP contribution in [0.25, 0.3) is 0 Å². The first-order chi connectivity index (χ1) is 9.95. The molecule has 0 saturated carbocycles. The number of hydrogen-bond acceptors (Lipinski definition) is 4. The predicted molar refractivity (Wildman–Crippen MR) is 75.7 cm³/mol. The summed E-state index contributed by atoms with van der Waals surface area (Å²) >= 11 is 0. The Bertz CT molecular complexity index is 645. The Balaban J connectivity index is 2.22. The highest BCUT2D eigenvalue weighted by atomic mass is 19.3. The fourth-order valence-electron chi connectivity index (χ4n) is 1.76. The molecule has 0 heterocycles. The summed E-state index contributed by atoms with van der Waals surface area (Å²) in [6.45, 7) is -2.88. The highest BCUT2D eigenvalue weighted by Crippen LogP contribution is 2.25. The lowest BCUT2D eigenvalue weighted by atomic mass is 10.1. The Hall–Kier alpha value is -2.83. The summed E-state index contributed by atoms with van der Waals surface area (Å²) in [5, 5.41) is 2.95. The number of halogens is 2. The van der Waals surface area contributed by atoms with Crippen LogP contribution in [0.2, 0.25) is 0 Å². The summed E-state index contributed by atoms with van der Waals surface area (Å²) in [5.41, 5.74) is 12.7. The largest absolute Gasteiger partial charge is 0.435 e. The van der Waals surface area contributed by atoms with E-state index in [1.807, 2.05) is 0 Å². The number of carbonyl (C=O) groups excluding carboxylic acids is 1. The van der Waals surface area contributed by atoms with Crippen molar-refractivity contribution >= 4 is 23.0 Å². The highest BCUT2D eigenvalue weighted by molar-refractivity contribution is 5.99. The Morgan fingerprint density at radius 2 is 1.81 bits per heavy atom. The average Bonchev–Trinajstić information content (AvgIpc) is 2.40. The molecule has 0 fully saturated rings. The Morgan fingerprint density at radius 1 is 1.14 bits per heavy atom. The van der Waals surface area contributed by atoms with Gasteiger partial charge in [-0.25, -0.2) is 0 Å². The van der Waals surface area contributed by atoms with E-state index in [9.17, 15) is 13.6 Å². The highest BCUT2D eigenvalue weighted by Gasteiger charge is 2.09. The van der Waals surface area contributed by atoms with E-state index >= 15 is 0 Å². The Morgan fingerprint density at radius 3 is 2.38 bits per heavy atom. The molecule has 1 amide bonds. The van der Waals surface area contributed by atoms with Crippen LogP contribution in [0.15, 0.2) is 42.5 Å². The summed E-state index contributed by atoms with van der Waals surface area (Å²) in [4.78, 5) is 11.3. The van der Waals surface area contributed by atoms with Crippen molar-refractivity contribution in [3.05, 3.63) is 48.0 Å². The number of amides is 1. The molecule has 2 aromatic rings. The lowest BCUT2D eigenvalue weighted by molar-refractivity contribution is -0.0498. The number of nitrogens with two attached hydrogens (primary N) is 2. The second-order valence-electron chi connectivity index (χ2n) is 4.20. The number of nitrogens with one attached hydrogen (secondary N) is 1. The van der Waals surface area contributed by atoms with Gasteiger partial charge in [0.2, 0.25) is 0 Å². The topological polar surface area (TPSA) is 90.4 Å². The fraction of sp³-hybridized carbons (Fsp3) is 0.0714. The maximum Gasteiger partial charge on any atom is 0.387 e. The van der Waals surface area contributed by atoms with E-state index in [4.69, 9.17) is 11.5 Å². The molecule has 0 aliphatic heterocycles. The lowest BCUT2D eigenvalue weighted by Gasteiger charge is -2.12. The van der Waals surface area contributed by atoms with Crippen molar-refractivity contribution in [2.75, 3.05) is 11.1 Å². The molecule has 2 rings (SSSR count). The van der Waals surface area contributed by atoms with Crippen LogP contribution >= 0.6 is 0 Å². The predicted octanol–water partition coefficient (Wildman–Crippen LogP) is 2.71. The number of ether oxygens (including phenoxy) is 1. The number of benzene rings is 2. The third-order valence-electron chi connectivity index (χ3n) is 2.67. The van der Waals surface area contributed by atoms with Crippen molar-refractivity contribution < 1.29 is 18.3 Å². The number of alkyl halides is 2. The van der Waals surface area contributed by atoms with E-state index in [1.165, 1.54) is 30.3 Å². The molecule has 0 bridgehead atoms. The first kappa shape index (κ1) is 14.6. The quantitative estimate of drug-likeness (QED) is 0.739. The SMILES string of the molecule is NC(=O)c1ccc(N)cc1Nc1ccc(OC(F)F)cc1. The first-order valence-electron chi connectivity index (χ1n) is 5.97. The van der Waals surface area contributed by atoms with Crippen LogP contribution in [0.5, 0.6) is 5.75 Å². The zero-order chi connectivity index (χ0) is 15.4. The molecule has 0 aromatic heterocycles. The van der Waals surface area contributed by atoms with E-state index < -0.39 is 12.5 Å². The van der Waals surface area contributed by atoms with Gasteiger partial charge in [-0.2, -0.15) is 8.78 Å². The molecule has 5 N–H and O–H groups in total. The number of primary amides is 1. The monoisotopic (exact) mass is 293 g/mol. The molecule has 0 aliphatic carbocycles. The van der Waals surface area contributed by atoms with Crippen molar-refractivity contribution in [1.82, 2.24) is 0 Å². The maximum atomic E-state index is 12.1. The zero-order valence-corrected chi connectivity index (χ0v) is 10.8. The van der Waals surface area contributed by atoms with Crippen molar-refractivity contribution in [3.63, 3.8) is 0 Å². The van der Waals surface area contributed by atoms with Crippen LogP contribution in [0.1, 0.15) is 10.4 Å². The summed E-state index contributed by atoms with van der Waals surface area (Å²) < 4.78 is 28.3. The second kappa shape index (κ2) is 6.08. The molecule has 110 valence electrons. The molecule has 5 nitrogen and oxygen atoms in total. The molecule has 21 heavy (non-hydrogen) atoms. The second-order valence-corrected chi connectivity index (χ2v) is 4.20. The summed E-state index contributed by atoms with van der Waals surface area (Å²) in [6, 6.07) is 10.5. The molecule has 0 radical (unpaired) electrons. The minimum atomic E-state index is -2.88. The first-order valence-corrected chi connectivity index (χ1v) is 5.97. The van der Waals surface area contributed by atoms with E-state index in [0.717, 1.165) is 0 Å². The van der Waals surface area contributed by atoms with E-state index in [0.29, 0.717) is 17.1 Å². The minimum Gasteiger partial charge on any atom is -0.435 e. The van der Waals surface area contributed by atoms with Crippen LogP contribution < -0.4 is 21.5 Å². The van der Waals surface area contributed by atoms with Crippen LogP contribution in [-0.2, 0) is 0 Å². The van der Waals surface area contributed by atoms with Gasteiger partial charge in [0.25, 0.3) is 5.91 Å². The van der Waals surface area contributed by atoms with E-state index in [-0.39, 0.29) is 11.3 Å². The number of rotatable bonds is 5. The molecule has 0 aliphatic rings. The average molecular weight is 293 g/mol. The van der Waals surface area contributed by atoms with Gasteiger partial charge in [0.1, 0.15) is 5.75 Å². The van der Waals surface area contributed by atoms with Gasteiger partial charge < -0.3 is 21.5 Å². The molecule has 2 aromatic carbocycles. The number of nitrogen functional groups attached to an aromatic ring is 1. The van der Waals surface area contributed by atoms with Gasteiger partial charge in [0.15, 0.2) is 0 Å². The maximum absolute atomic E-state index is 12.1. The summed E-state index contributed by atoms with van der Waals surface area (Å²) in [5.74, 6) is -0.562. The molecule has 0 atom stereocenters. The van der Waals surface area contributed by atoms with Crippen LogP contribution in [-0.4, -0.2) is 12.5 Å². The molecule has 0 spiro atoms.